The molecule has 1 aliphatic heterocycles. The van der Waals surface area contributed by atoms with Gasteiger partial charge in [-0.1, -0.05) is 0 Å². The summed E-state index contributed by atoms with van der Waals surface area (Å²) in [4.78, 5) is 13.8. The van der Waals surface area contributed by atoms with Gasteiger partial charge in [0.25, 0.3) is 0 Å². The van der Waals surface area contributed by atoms with Gasteiger partial charge in [0.05, 0.1) is 17.7 Å². The Labute approximate surface area is 124 Å². The van der Waals surface area contributed by atoms with Crippen LogP contribution >= 0.6 is 0 Å². The van der Waals surface area contributed by atoms with Crippen molar-refractivity contribution in [2.45, 2.75) is 24.2 Å². The van der Waals surface area contributed by atoms with Crippen LogP contribution in [0.25, 0.3) is 0 Å². The summed E-state index contributed by atoms with van der Waals surface area (Å²) in [6.45, 7) is 1.39. The largest absolute Gasteiger partial charge is 0.495 e. The van der Waals surface area contributed by atoms with Gasteiger partial charge in [0, 0.05) is 13.1 Å². The molecule has 1 saturated heterocycles. The van der Waals surface area contributed by atoms with Gasteiger partial charge in [-0.05, 0) is 37.5 Å². The van der Waals surface area contributed by atoms with Gasteiger partial charge in [-0.2, -0.15) is 0 Å². The number of likely N-dealkylation sites (tertiary alicyclic amines) is 1. The monoisotopic (exact) mass is 313 g/mol. The highest BCUT2D eigenvalue weighted by Gasteiger charge is 2.19. The molecule has 1 fully saturated rings. The van der Waals surface area contributed by atoms with Gasteiger partial charge in [0.15, 0.2) is 0 Å². The zero-order chi connectivity index (χ0) is 15.5. The van der Waals surface area contributed by atoms with E-state index in [1.54, 1.807) is 4.90 Å². The summed E-state index contributed by atoms with van der Waals surface area (Å²) in [7, 11) is -2.38. The number of carbonyl (C=O) groups excluding carboxylic acids is 1. The third-order valence-electron chi connectivity index (χ3n) is 3.38. The molecule has 0 spiro atoms. The molecule has 1 heterocycles. The van der Waals surface area contributed by atoms with E-state index < -0.39 is 10.0 Å². The van der Waals surface area contributed by atoms with E-state index in [4.69, 9.17) is 9.88 Å². The summed E-state index contributed by atoms with van der Waals surface area (Å²) in [5.74, 6) is 0.382. The lowest BCUT2D eigenvalue weighted by Crippen LogP contribution is -2.38. The smallest absolute Gasteiger partial charge is 0.321 e. The first-order valence-electron chi connectivity index (χ1n) is 6.68. The molecule has 0 saturated carbocycles. The number of benzene rings is 1. The van der Waals surface area contributed by atoms with Crippen molar-refractivity contribution in [3.05, 3.63) is 18.2 Å². The molecule has 0 aromatic heterocycles. The molecule has 0 unspecified atom stereocenters. The molecule has 21 heavy (non-hydrogen) atoms. The fourth-order valence-electron chi connectivity index (χ4n) is 2.25. The normalized spacial score (nSPS) is 15.6. The van der Waals surface area contributed by atoms with Gasteiger partial charge in [-0.15, -0.1) is 0 Å². The third kappa shape index (κ3) is 3.85. The van der Waals surface area contributed by atoms with Crippen LogP contribution in [0.2, 0.25) is 0 Å². The number of methoxy groups -OCH3 is 1. The fourth-order valence-corrected chi connectivity index (χ4v) is 2.79. The van der Waals surface area contributed by atoms with Crippen molar-refractivity contribution in [3.8, 4) is 5.75 Å². The Balaban J connectivity index is 2.22. The fraction of sp³-hybridized carbons (Fsp3) is 0.462. The zero-order valence-electron chi connectivity index (χ0n) is 11.8. The molecule has 3 N–H and O–H groups in total. The van der Waals surface area contributed by atoms with Crippen LogP contribution in [0.1, 0.15) is 19.3 Å². The van der Waals surface area contributed by atoms with E-state index >= 15 is 0 Å². The summed E-state index contributed by atoms with van der Waals surface area (Å²) >= 11 is 0. The minimum absolute atomic E-state index is 0.0720. The molecule has 8 heteroatoms. The van der Waals surface area contributed by atoms with Crippen LogP contribution in [0, 0.1) is 0 Å². The first-order valence-corrected chi connectivity index (χ1v) is 8.23. The van der Waals surface area contributed by atoms with Crippen molar-refractivity contribution in [1.29, 1.82) is 0 Å². The predicted octanol–water partition coefficient (Wildman–Crippen LogP) is 1.36. The molecule has 2 rings (SSSR count). The number of amides is 2. The second-order valence-electron chi connectivity index (χ2n) is 4.88. The van der Waals surface area contributed by atoms with E-state index in [0.29, 0.717) is 24.5 Å². The Morgan fingerprint density at radius 3 is 2.52 bits per heavy atom. The SMILES string of the molecule is COc1ccc(S(N)(=O)=O)cc1NC(=O)N1CCCCC1. The van der Waals surface area contributed by atoms with E-state index in [-0.39, 0.29) is 10.9 Å². The Bertz CT molecular complexity index is 624. The summed E-state index contributed by atoms with van der Waals surface area (Å²) in [6, 6.07) is 3.84. The van der Waals surface area contributed by atoms with Gasteiger partial charge in [0.2, 0.25) is 10.0 Å². The number of urea groups is 1. The van der Waals surface area contributed by atoms with Crippen LogP contribution < -0.4 is 15.2 Å². The first-order chi connectivity index (χ1) is 9.91. The number of piperidine rings is 1. The quantitative estimate of drug-likeness (QED) is 0.879. The number of anilines is 1. The zero-order valence-corrected chi connectivity index (χ0v) is 12.6. The van der Waals surface area contributed by atoms with Crippen LogP contribution in [-0.2, 0) is 10.0 Å². The number of hydrogen-bond acceptors (Lipinski definition) is 4. The van der Waals surface area contributed by atoms with Gasteiger partial charge >= 0.3 is 6.03 Å². The van der Waals surface area contributed by atoms with Crippen LogP contribution in [-0.4, -0.2) is 39.5 Å². The molecule has 116 valence electrons. The minimum atomic E-state index is -3.83. The van der Waals surface area contributed by atoms with E-state index in [1.165, 1.54) is 25.3 Å². The van der Waals surface area contributed by atoms with E-state index in [1.807, 2.05) is 0 Å². The molecule has 2 amide bonds. The Kier molecular flexibility index (Phi) is 4.69. The maximum absolute atomic E-state index is 12.2. The summed E-state index contributed by atoms with van der Waals surface area (Å²) in [5.41, 5.74) is 0.291. The summed E-state index contributed by atoms with van der Waals surface area (Å²) in [5, 5.41) is 7.78. The van der Waals surface area contributed by atoms with Crippen molar-refractivity contribution in [1.82, 2.24) is 4.90 Å². The first kappa shape index (κ1) is 15.6. The highest BCUT2D eigenvalue weighted by molar-refractivity contribution is 7.89. The van der Waals surface area contributed by atoms with Crippen LogP contribution in [0.4, 0.5) is 10.5 Å². The van der Waals surface area contributed by atoms with Gasteiger partial charge in [0.1, 0.15) is 5.75 Å². The van der Waals surface area contributed by atoms with Gasteiger partial charge < -0.3 is 15.0 Å². The Morgan fingerprint density at radius 2 is 1.95 bits per heavy atom. The average molecular weight is 313 g/mol. The number of hydrogen-bond donors (Lipinski definition) is 2. The number of carbonyl (C=O) groups is 1. The van der Waals surface area contributed by atoms with Crippen LogP contribution in [0.15, 0.2) is 23.1 Å². The standard InChI is InChI=1S/C13H19N3O4S/c1-20-12-6-5-10(21(14,18)19)9-11(12)15-13(17)16-7-3-2-4-8-16/h5-6,9H,2-4,7-8H2,1H3,(H,15,17)(H2,14,18,19). The van der Waals surface area contributed by atoms with Crippen molar-refractivity contribution in [2.24, 2.45) is 5.14 Å². The number of nitrogens with zero attached hydrogens (tertiary/aromatic N) is 1. The number of ether oxygens (including phenoxy) is 1. The van der Waals surface area contributed by atoms with E-state index in [2.05, 4.69) is 5.32 Å². The van der Waals surface area contributed by atoms with E-state index in [9.17, 15) is 13.2 Å². The molecular formula is C13H19N3O4S. The second kappa shape index (κ2) is 6.31. The number of primary sulfonamides is 1. The minimum Gasteiger partial charge on any atom is -0.495 e. The molecule has 1 aliphatic rings. The van der Waals surface area contributed by atoms with Crippen LogP contribution in [0.3, 0.4) is 0 Å². The predicted molar refractivity (Wildman–Crippen MR) is 78.8 cm³/mol. The molecule has 1 aromatic carbocycles. The number of sulfonamides is 1. The lowest BCUT2D eigenvalue weighted by Gasteiger charge is -2.27. The third-order valence-corrected chi connectivity index (χ3v) is 4.30. The maximum Gasteiger partial charge on any atom is 0.321 e. The Morgan fingerprint density at radius 1 is 1.29 bits per heavy atom. The molecule has 1 aromatic rings. The lowest BCUT2D eigenvalue weighted by molar-refractivity contribution is 0.200. The molecular weight excluding hydrogens is 294 g/mol. The lowest BCUT2D eigenvalue weighted by atomic mass is 10.1. The average Bonchev–Trinajstić information content (AvgIpc) is 2.47. The molecule has 0 bridgehead atoms. The van der Waals surface area contributed by atoms with Crippen molar-refractivity contribution < 1.29 is 17.9 Å². The molecule has 0 atom stereocenters. The molecule has 0 aliphatic carbocycles. The van der Waals surface area contributed by atoms with Crippen molar-refractivity contribution >= 4 is 21.7 Å². The van der Waals surface area contributed by atoms with Crippen molar-refractivity contribution in [2.75, 3.05) is 25.5 Å². The second-order valence-corrected chi connectivity index (χ2v) is 6.45. The molecule has 7 nitrogen and oxygen atoms in total. The number of rotatable bonds is 3. The number of nitrogens with two attached hydrogens (primary N) is 1. The highest BCUT2D eigenvalue weighted by atomic mass is 32.2. The highest BCUT2D eigenvalue weighted by Crippen LogP contribution is 2.27. The van der Waals surface area contributed by atoms with Crippen LogP contribution in [0.5, 0.6) is 5.75 Å². The summed E-state index contributed by atoms with van der Waals surface area (Å²) < 4.78 is 27.9. The maximum atomic E-state index is 12.2. The van der Waals surface area contributed by atoms with Crippen molar-refractivity contribution in [3.63, 3.8) is 0 Å². The van der Waals surface area contributed by atoms with Gasteiger partial charge in [-0.25, -0.2) is 18.4 Å². The number of nitrogens with one attached hydrogen (secondary N) is 1. The van der Waals surface area contributed by atoms with Gasteiger partial charge in [-0.3, -0.25) is 0 Å². The Hall–Kier alpha value is -1.80. The summed E-state index contributed by atoms with van der Waals surface area (Å²) in [6.07, 6.45) is 3.07. The molecule has 0 radical (unpaired) electrons. The topological polar surface area (TPSA) is 102 Å². The van der Waals surface area contributed by atoms with E-state index in [0.717, 1.165) is 19.3 Å².